The first kappa shape index (κ1) is 12.6. The molecule has 96 valence electrons. The minimum absolute atomic E-state index is 0.0994. The predicted octanol–water partition coefficient (Wildman–Crippen LogP) is 3.17. The molecule has 0 aromatic rings. The quantitative estimate of drug-likeness (QED) is 0.804. The summed E-state index contributed by atoms with van der Waals surface area (Å²) < 4.78 is 0. The Morgan fingerprint density at radius 3 is 2.06 bits per heavy atom. The normalized spacial score (nSPS) is 27.7. The van der Waals surface area contributed by atoms with Crippen molar-refractivity contribution in [1.82, 2.24) is 0 Å². The van der Waals surface area contributed by atoms with E-state index in [1.54, 1.807) is 0 Å². The van der Waals surface area contributed by atoms with Crippen LogP contribution < -0.4 is 0 Å². The highest BCUT2D eigenvalue weighted by atomic mass is 16.4. The van der Waals surface area contributed by atoms with E-state index in [4.69, 9.17) is 0 Å². The first-order valence-corrected chi connectivity index (χ1v) is 6.75. The molecule has 0 aliphatic heterocycles. The SMILES string of the molecule is CC1(C2(C(=O)O)CCC(=O)CC2)CCCCC1. The van der Waals surface area contributed by atoms with E-state index in [0.29, 0.717) is 25.7 Å². The molecule has 17 heavy (non-hydrogen) atoms. The third-order valence-electron chi connectivity index (χ3n) is 5.18. The Morgan fingerprint density at radius 2 is 1.59 bits per heavy atom. The molecule has 2 fully saturated rings. The Balaban J connectivity index is 2.27. The van der Waals surface area contributed by atoms with Gasteiger partial charge in [0, 0.05) is 12.8 Å². The Labute approximate surface area is 103 Å². The summed E-state index contributed by atoms with van der Waals surface area (Å²) in [5.41, 5.74) is -0.737. The van der Waals surface area contributed by atoms with Crippen LogP contribution in [0.2, 0.25) is 0 Å². The molecule has 0 amide bonds. The van der Waals surface area contributed by atoms with Crippen molar-refractivity contribution >= 4 is 11.8 Å². The molecule has 3 nitrogen and oxygen atoms in total. The van der Waals surface area contributed by atoms with Crippen LogP contribution in [-0.2, 0) is 9.59 Å². The molecule has 2 aliphatic carbocycles. The van der Waals surface area contributed by atoms with Gasteiger partial charge in [-0.1, -0.05) is 26.2 Å². The van der Waals surface area contributed by atoms with Crippen molar-refractivity contribution < 1.29 is 14.7 Å². The monoisotopic (exact) mass is 238 g/mol. The molecule has 2 aliphatic rings. The first-order chi connectivity index (χ1) is 8.00. The number of rotatable bonds is 2. The summed E-state index contributed by atoms with van der Waals surface area (Å²) in [5, 5.41) is 9.68. The van der Waals surface area contributed by atoms with Crippen LogP contribution in [0.5, 0.6) is 0 Å². The summed E-state index contributed by atoms with van der Waals surface area (Å²) in [4.78, 5) is 23.1. The smallest absolute Gasteiger partial charge is 0.310 e. The van der Waals surface area contributed by atoms with Crippen molar-refractivity contribution in [3.63, 3.8) is 0 Å². The summed E-state index contributed by atoms with van der Waals surface area (Å²) in [5.74, 6) is -0.435. The molecule has 1 N–H and O–H groups in total. The maximum Gasteiger partial charge on any atom is 0.310 e. The van der Waals surface area contributed by atoms with Gasteiger partial charge in [0.25, 0.3) is 0 Å². The third-order valence-corrected chi connectivity index (χ3v) is 5.18. The van der Waals surface area contributed by atoms with Crippen LogP contribution in [0.15, 0.2) is 0 Å². The lowest BCUT2D eigenvalue weighted by atomic mass is 9.53. The van der Waals surface area contributed by atoms with Crippen molar-refractivity contribution in [2.75, 3.05) is 0 Å². The van der Waals surface area contributed by atoms with E-state index in [1.807, 2.05) is 0 Å². The van der Waals surface area contributed by atoms with Gasteiger partial charge in [0.15, 0.2) is 0 Å². The number of carboxylic acid groups (broad SMARTS) is 1. The average molecular weight is 238 g/mol. The van der Waals surface area contributed by atoms with Gasteiger partial charge >= 0.3 is 5.97 Å². The third kappa shape index (κ3) is 2.00. The molecule has 0 atom stereocenters. The molecular weight excluding hydrogens is 216 g/mol. The highest BCUT2D eigenvalue weighted by Crippen LogP contribution is 2.56. The van der Waals surface area contributed by atoms with Crippen LogP contribution in [0, 0.1) is 10.8 Å². The van der Waals surface area contributed by atoms with E-state index in [0.717, 1.165) is 25.7 Å². The topological polar surface area (TPSA) is 54.4 Å². The second kappa shape index (κ2) is 4.43. The summed E-state index contributed by atoms with van der Waals surface area (Å²) in [7, 11) is 0. The molecule has 2 saturated carbocycles. The Kier molecular flexibility index (Phi) is 3.28. The van der Waals surface area contributed by atoms with Gasteiger partial charge in [0.05, 0.1) is 5.41 Å². The summed E-state index contributed by atoms with van der Waals surface area (Å²) in [6.07, 6.45) is 7.54. The van der Waals surface area contributed by atoms with E-state index in [9.17, 15) is 14.7 Å². The highest BCUT2D eigenvalue weighted by Gasteiger charge is 2.54. The standard InChI is InChI=1S/C14H22O3/c1-13(7-3-2-4-8-13)14(12(16)17)9-5-11(15)6-10-14/h2-10H2,1H3,(H,16,17). The summed E-state index contributed by atoms with van der Waals surface area (Å²) in [6, 6.07) is 0. The lowest BCUT2D eigenvalue weighted by molar-refractivity contribution is -0.165. The first-order valence-electron chi connectivity index (χ1n) is 6.75. The molecule has 0 aromatic carbocycles. The maximum atomic E-state index is 11.8. The number of carboxylic acids is 1. The number of carbonyl (C=O) groups is 2. The number of carbonyl (C=O) groups excluding carboxylic acids is 1. The summed E-state index contributed by atoms with van der Waals surface area (Å²) in [6.45, 7) is 2.13. The van der Waals surface area contributed by atoms with Crippen LogP contribution in [0.1, 0.15) is 64.7 Å². The maximum absolute atomic E-state index is 11.8. The van der Waals surface area contributed by atoms with Crippen LogP contribution in [0.25, 0.3) is 0 Å². The molecule has 0 bridgehead atoms. The highest BCUT2D eigenvalue weighted by molar-refractivity contribution is 5.84. The van der Waals surface area contributed by atoms with Gasteiger partial charge in [-0.3, -0.25) is 9.59 Å². The van der Waals surface area contributed by atoms with Gasteiger partial charge in [-0.2, -0.15) is 0 Å². The fourth-order valence-corrected chi connectivity index (χ4v) is 3.84. The van der Waals surface area contributed by atoms with Gasteiger partial charge in [-0.15, -0.1) is 0 Å². The average Bonchev–Trinajstić information content (AvgIpc) is 2.30. The molecule has 0 spiro atoms. The van der Waals surface area contributed by atoms with Crippen molar-refractivity contribution in [2.24, 2.45) is 10.8 Å². The number of aliphatic carboxylic acids is 1. The minimum atomic E-state index is -0.672. The van der Waals surface area contributed by atoms with Gasteiger partial charge in [0.1, 0.15) is 5.78 Å². The van der Waals surface area contributed by atoms with Crippen LogP contribution >= 0.6 is 0 Å². The zero-order valence-electron chi connectivity index (χ0n) is 10.6. The van der Waals surface area contributed by atoms with Crippen molar-refractivity contribution in [1.29, 1.82) is 0 Å². The Morgan fingerprint density at radius 1 is 1.06 bits per heavy atom. The van der Waals surface area contributed by atoms with Gasteiger partial charge in [0.2, 0.25) is 0 Å². The lowest BCUT2D eigenvalue weighted by Gasteiger charge is -2.49. The molecule has 2 rings (SSSR count). The fourth-order valence-electron chi connectivity index (χ4n) is 3.84. The zero-order valence-corrected chi connectivity index (χ0v) is 10.6. The Bertz CT molecular complexity index is 316. The molecular formula is C14H22O3. The largest absolute Gasteiger partial charge is 0.481 e. The van der Waals surface area contributed by atoms with Crippen molar-refractivity contribution in [3.05, 3.63) is 0 Å². The fraction of sp³-hybridized carbons (Fsp3) is 0.857. The van der Waals surface area contributed by atoms with E-state index < -0.39 is 11.4 Å². The number of hydrogen-bond acceptors (Lipinski definition) is 2. The van der Waals surface area contributed by atoms with E-state index >= 15 is 0 Å². The minimum Gasteiger partial charge on any atom is -0.481 e. The number of hydrogen-bond donors (Lipinski definition) is 1. The predicted molar refractivity (Wildman–Crippen MR) is 64.7 cm³/mol. The molecule has 0 saturated heterocycles. The number of Topliss-reactive ketones (excluding diaryl/α,β-unsaturated/α-hetero) is 1. The van der Waals surface area contributed by atoms with Gasteiger partial charge in [-0.25, -0.2) is 0 Å². The van der Waals surface area contributed by atoms with E-state index in [-0.39, 0.29) is 11.2 Å². The molecule has 0 heterocycles. The molecule has 3 heteroatoms. The molecule has 0 unspecified atom stereocenters. The second-order valence-corrected chi connectivity index (χ2v) is 6.05. The van der Waals surface area contributed by atoms with Crippen LogP contribution in [0.4, 0.5) is 0 Å². The second-order valence-electron chi connectivity index (χ2n) is 6.05. The molecule has 0 aromatic heterocycles. The number of ketones is 1. The summed E-state index contributed by atoms with van der Waals surface area (Å²) >= 11 is 0. The van der Waals surface area contributed by atoms with Crippen molar-refractivity contribution in [2.45, 2.75) is 64.7 Å². The molecule has 0 radical (unpaired) electrons. The van der Waals surface area contributed by atoms with E-state index in [2.05, 4.69) is 6.92 Å². The Hall–Kier alpha value is -0.860. The van der Waals surface area contributed by atoms with Crippen LogP contribution in [-0.4, -0.2) is 16.9 Å². The van der Waals surface area contributed by atoms with E-state index in [1.165, 1.54) is 6.42 Å². The van der Waals surface area contributed by atoms with Gasteiger partial charge in [-0.05, 0) is 31.1 Å². The lowest BCUT2D eigenvalue weighted by Crippen LogP contribution is -2.49. The zero-order chi connectivity index (χ0) is 12.5. The van der Waals surface area contributed by atoms with Gasteiger partial charge < -0.3 is 5.11 Å². The van der Waals surface area contributed by atoms with Crippen molar-refractivity contribution in [3.8, 4) is 0 Å². The van der Waals surface area contributed by atoms with Crippen LogP contribution in [0.3, 0.4) is 0 Å².